The molecule has 1 saturated carbocycles. The maximum Gasteiger partial charge on any atom is 0.271 e. The largest absolute Gasteiger partial charge is 0.388 e. The standard InChI is InChI=1S/C15H17N3O2/c19-14(17-10-15(20)7-3-4-8-15)13-9-16-11-5-1-2-6-12(11)18-13/h1-2,5-6,9,20H,3-4,7-8,10H2,(H,17,19). The fraction of sp³-hybridized carbons (Fsp3) is 0.400. The highest BCUT2D eigenvalue weighted by molar-refractivity contribution is 5.93. The fourth-order valence-corrected chi connectivity index (χ4v) is 2.61. The molecule has 1 fully saturated rings. The van der Waals surface area contributed by atoms with E-state index in [1.165, 1.54) is 6.20 Å². The first kappa shape index (κ1) is 13.0. The predicted octanol–water partition coefficient (Wildman–Crippen LogP) is 1.66. The van der Waals surface area contributed by atoms with E-state index in [4.69, 9.17) is 0 Å². The van der Waals surface area contributed by atoms with Crippen molar-refractivity contribution in [3.8, 4) is 0 Å². The van der Waals surface area contributed by atoms with E-state index >= 15 is 0 Å². The van der Waals surface area contributed by atoms with Crippen molar-refractivity contribution < 1.29 is 9.90 Å². The number of nitrogens with zero attached hydrogens (tertiary/aromatic N) is 2. The van der Waals surface area contributed by atoms with Gasteiger partial charge in [-0.1, -0.05) is 25.0 Å². The summed E-state index contributed by atoms with van der Waals surface area (Å²) in [5.41, 5.74) is 0.989. The summed E-state index contributed by atoms with van der Waals surface area (Å²) in [5.74, 6) is -0.288. The monoisotopic (exact) mass is 271 g/mol. The number of carbonyl (C=O) groups is 1. The molecule has 2 N–H and O–H groups in total. The van der Waals surface area contributed by atoms with Crippen molar-refractivity contribution in [1.29, 1.82) is 0 Å². The molecule has 2 aromatic rings. The van der Waals surface area contributed by atoms with Crippen molar-refractivity contribution in [2.75, 3.05) is 6.54 Å². The first-order valence-corrected chi connectivity index (χ1v) is 6.89. The lowest BCUT2D eigenvalue weighted by Crippen LogP contribution is -2.41. The summed E-state index contributed by atoms with van der Waals surface area (Å²) < 4.78 is 0. The SMILES string of the molecule is O=C(NCC1(O)CCCC1)c1cnc2ccccc2n1. The van der Waals surface area contributed by atoms with Crippen LogP contribution in [0, 0.1) is 0 Å². The van der Waals surface area contributed by atoms with Gasteiger partial charge in [0.2, 0.25) is 0 Å². The number of rotatable bonds is 3. The van der Waals surface area contributed by atoms with Gasteiger partial charge in [0.05, 0.1) is 22.8 Å². The normalized spacial score (nSPS) is 17.2. The van der Waals surface area contributed by atoms with E-state index in [9.17, 15) is 9.90 Å². The van der Waals surface area contributed by atoms with E-state index in [0.29, 0.717) is 5.52 Å². The average molecular weight is 271 g/mol. The number of para-hydroxylation sites is 2. The van der Waals surface area contributed by atoms with Crippen molar-refractivity contribution >= 4 is 16.9 Å². The van der Waals surface area contributed by atoms with Gasteiger partial charge in [-0.05, 0) is 25.0 Å². The van der Waals surface area contributed by atoms with Crippen molar-refractivity contribution in [3.05, 3.63) is 36.2 Å². The molecule has 1 aliphatic rings. The van der Waals surface area contributed by atoms with Gasteiger partial charge in [0.25, 0.3) is 5.91 Å². The zero-order valence-electron chi connectivity index (χ0n) is 11.2. The molecule has 1 aromatic carbocycles. The van der Waals surface area contributed by atoms with Crippen LogP contribution in [0.3, 0.4) is 0 Å². The van der Waals surface area contributed by atoms with Gasteiger partial charge in [0.1, 0.15) is 5.69 Å². The lowest BCUT2D eigenvalue weighted by molar-refractivity contribution is 0.0448. The first-order chi connectivity index (χ1) is 9.66. The number of nitrogens with one attached hydrogen (secondary N) is 1. The number of hydrogen-bond acceptors (Lipinski definition) is 4. The lowest BCUT2D eigenvalue weighted by Gasteiger charge is -2.22. The van der Waals surface area contributed by atoms with Gasteiger partial charge in [-0.2, -0.15) is 0 Å². The number of amides is 1. The fourth-order valence-electron chi connectivity index (χ4n) is 2.61. The lowest BCUT2D eigenvalue weighted by atomic mass is 10.0. The Kier molecular flexibility index (Phi) is 3.36. The molecule has 1 aromatic heterocycles. The Morgan fingerprint density at radius 3 is 2.70 bits per heavy atom. The van der Waals surface area contributed by atoms with Crippen molar-refractivity contribution in [1.82, 2.24) is 15.3 Å². The van der Waals surface area contributed by atoms with E-state index in [1.54, 1.807) is 0 Å². The minimum absolute atomic E-state index is 0.278. The molecule has 5 nitrogen and oxygen atoms in total. The van der Waals surface area contributed by atoms with Gasteiger partial charge in [-0.15, -0.1) is 0 Å². The van der Waals surface area contributed by atoms with E-state index in [1.807, 2.05) is 24.3 Å². The van der Waals surface area contributed by atoms with E-state index in [-0.39, 0.29) is 18.1 Å². The number of aliphatic hydroxyl groups is 1. The third kappa shape index (κ3) is 2.63. The summed E-state index contributed by atoms with van der Waals surface area (Å²) in [6.45, 7) is 0.278. The van der Waals surface area contributed by atoms with Crippen LogP contribution in [-0.2, 0) is 0 Å². The third-order valence-corrected chi connectivity index (χ3v) is 3.79. The van der Waals surface area contributed by atoms with Crippen LogP contribution in [0.15, 0.2) is 30.5 Å². The average Bonchev–Trinajstić information content (AvgIpc) is 2.91. The molecule has 0 unspecified atom stereocenters. The molecule has 0 spiro atoms. The summed E-state index contributed by atoms with van der Waals surface area (Å²) in [6.07, 6.45) is 4.99. The molecule has 1 aliphatic carbocycles. The summed E-state index contributed by atoms with van der Waals surface area (Å²) >= 11 is 0. The maximum absolute atomic E-state index is 12.1. The van der Waals surface area contributed by atoms with Gasteiger partial charge in [-0.3, -0.25) is 9.78 Å². The molecule has 3 rings (SSSR count). The van der Waals surface area contributed by atoms with Crippen molar-refractivity contribution in [3.63, 3.8) is 0 Å². The smallest absolute Gasteiger partial charge is 0.271 e. The van der Waals surface area contributed by atoms with Crippen LogP contribution in [0.2, 0.25) is 0 Å². The summed E-state index contributed by atoms with van der Waals surface area (Å²) in [7, 11) is 0. The zero-order valence-corrected chi connectivity index (χ0v) is 11.2. The molecule has 20 heavy (non-hydrogen) atoms. The van der Waals surface area contributed by atoms with Crippen LogP contribution in [0.1, 0.15) is 36.2 Å². The van der Waals surface area contributed by atoms with Gasteiger partial charge in [0.15, 0.2) is 0 Å². The number of fused-ring (bicyclic) bond motifs is 1. The van der Waals surface area contributed by atoms with Crippen LogP contribution in [0.5, 0.6) is 0 Å². The molecule has 104 valence electrons. The molecular weight excluding hydrogens is 254 g/mol. The van der Waals surface area contributed by atoms with Gasteiger partial charge < -0.3 is 10.4 Å². The summed E-state index contributed by atoms with van der Waals surface area (Å²) in [6, 6.07) is 7.42. The Morgan fingerprint density at radius 1 is 1.25 bits per heavy atom. The predicted molar refractivity (Wildman–Crippen MR) is 75.3 cm³/mol. The highest BCUT2D eigenvalue weighted by atomic mass is 16.3. The minimum Gasteiger partial charge on any atom is -0.388 e. The number of carbonyl (C=O) groups excluding carboxylic acids is 1. The topological polar surface area (TPSA) is 75.1 Å². The number of aromatic nitrogens is 2. The van der Waals surface area contributed by atoms with E-state index in [0.717, 1.165) is 31.2 Å². The zero-order chi connectivity index (χ0) is 14.0. The second-order valence-electron chi connectivity index (χ2n) is 5.36. The molecule has 0 aliphatic heterocycles. The van der Waals surface area contributed by atoms with Crippen molar-refractivity contribution in [2.24, 2.45) is 0 Å². The Balaban J connectivity index is 1.72. The van der Waals surface area contributed by atoms with Crippen LogP contribution >= 0.6 is 0 Å². The molecule has 1 amide bonds. The summed E-state index contributed by atoms with van der Waals surface area (Å²) in [5, 5.41) is 13.0. The van der Waals surface area contributed by atoms with Crippen molar-refractivity contribution in [2.45, 2.75) is 31.3 Å². The Bertz CT molecular complexity index is 636. The molecule has 0 saturated heterocycles. The Labute approximate surface area is 117 Å². The molecule has 0 bridgehead atoms. The van der Waals surface area contributed by atoms with E-state index < -0.39 is 5.60 Å². The van der Waals surface area contributed by atoms with Crippen LogP contribution in [0.25, 0.3) is 11.0 Å². The van der Waals surface area contributed by atoms with E-state index in [2.05, 4.69) is 15.3 Å². The Hall–Kier alpha value is -2.01. The van der Waals surface area contributed by atoms with Crippen LogP contribution < -0.4 is 5.32 Å². The molecule has 5 heteroatoms. The number of benzene rings is 1. The highest BCUT2D eigenvalue weighted by Gasteiger charge is 2.31. The minimum atomic E-state index is -0.750. The molecule has 0 atom stereocenters. The quantitative estimate of drug-likeness (QED) is 0.890. The first-order valence-electron chi connectivity index (χ1n) is 6.89. The Morgan fingerprint density at radius 2 is 1.95 bits per heavy atom. The highest BCUT2D eigenvalue weighted by Crippen LogP contribution is 2.28. The second-order valence-corrected chi connectivity index (χ2v) is 5.36. The van der Waals surface area contributed by atoms with Gasteiger partial charge in [-0.25, -0.2) is 4.98 Å². The van der Waals surface area contributed by atoms with Crippen LogP contribution in [-0.4, -0.2) is 33.1 Å². The summed E-state index contributed by atoms with van der Waals surface area (Å²) in [4.78, 5) is 20.6. The third-order valence-electron chi connectivity index (χ3n) is 3.79. The maximum atomic E-state index is 12.1. The van der Waals surface area contributed by atoms with Gasteiger partial charge in [0, 0.05) is 6.54 Å². The van der Waals surface area contributed by atoms with Crippen LogP contribution in [0.4, 0.5) is 0 Å². The number of hydrogen-bond donors (Lipinski definition) is 2. The van der Waals surface area contributed by atoms with Gasteiger partial charge >= 0.3 is 0 Å². The second kappa shape index (κ2) is 5.17. The molecule has 1 heterocycles. The molecule has 0 radical (unpaired) electrons. The molecular formula is C15H17N3O2.